The molecule has 2 heteroatoms. The van der Waals surface area contributed by atoms with Gasteiger partial charge in [0.05, 0.1) is 0 Å². The van der Waals surface area contributed by atoms with Gasteiger partial charge in [-0.25, -0.2) is 0 Å². The molecule has 0 aromatic heterocycles. The third-order valence-corrected chi connectivity index (χ3v) is 0.735. The van der Waals surface area contributed by atoms with E-state index in [-0.39, 0.29) is 5.91 Å². The van der Waals surface area contributed by atoms with E-state index in [1.807, 2.05) is 6.92 Å². The fraction of sp³-hybridized carbons (Fsp3) is 0.500. The van der Waals surface area contributed by atoms with Crippen LogP contribution in [0.4, 0.5) is 0 Å². The van der Waals surface area contributed by atoms with Gasteiger partial charge in [-0.3, -0.25) is 4.79 Å². The summed E-state index contributed by atoms with van der Waals surface area (Å²) in [6.07, 6.45) is 2.25. The quantitative estimate of drug-likeness (QED) is 0.536. The van der Waals surface area contributed by atoms with Gasteiger partial charge >= 0.3 is 0 Å². The third kappa shape index (κ3) is 3.40. The summed E-state index contributed by atoms with van der Waals surface area (Å²) in [7, 11) is 0. The molecule has 1 N–H and O–H groups in total. The zero-order valence-corrected chi connectivity index (χ0v) is 5.11. The molecule has 46 valence electrons. The number of hydrogen-bond donors (Lipinski definition) is 1. The van der Waals surface area contributed by atoms with Gasteiger partial charge in [0.25, 0.3) is 0 Å². The van der Waals surface area contributed by atoms with Gasteiger partial charge in [0, 0.05) is 6.54 Å². The summed E-state index contributed by atoms with van der Waals surface area (Å²) in [6, 6.07) is 0. The Balaban J connectivity index is 3.11. The first-order valence-electron chi connectivity index (χ1n) is 2.71. The van der Waals surface area contributed by atoms with Gasteiger partial charge < -0.3 is 5.32 Å². The average Bonchev–Trinajstić information content (AvgIpc) is 1.83. The van der Waals surface area contributed by atoms with Crippen LogP contribution in [-0.2, 0) is 4.79 Å². The molecule has 0 aliphatic rings. The molecule has 8 heavy (non-hydrogen) atoms. The van der Waals surface area contributed by atoms with E-state index in [0.29, 0.717) is 0 Å². The zero-order chi connectivity index (χ0) is 6.41. The molecule has 0 rings (SSSR count). The van der Waals surface area contributed by atoms with Gasteiger partial charge in [-0.05, 0) is 12.5 Å². The van der Waals surface area contributed by atoms with Crippen LogP contribution < -0.4 is 5.32 Å². The molecule has 0 heterocycles. The first-order valence-corrected chi connectivity index (χ1v) is 2.71. The molecular formula is C6H11NO. The summed E-state index contributed by atoms with van der Waals surface area (Å²) in [5.74, 6) is -0.0909. The molecule has 0 atom stereocenters. The lowest BCUT2D eigenvalue weighted by Gasteiger charge is -1.94. The highest BCUT2D eigenvalue weighted by Gasteiger charge is 1.86. The van der Waals surface area contributed by atoms with Crippen LogP contribution in [0.15, 0.2) is 12.7 Å². The van der Waals surface area contributed by atoms with Crippen LogP contribution in [0, 0.1) is 0 Å². The Labute approximate surface area is 49.6 Å². The largest absolute Gasteiger partial charge is 0.353 e. The van der Waals surface area contributed by atoms with Gasteiger partial charge in [0.2, 0.25) is 5.91 Å². The van der Waals surface area contributed by atoms with E-state index in [0.717, 1.165) is 13.0 Å². The molecular weight excluding hydrogens is 102 g/mol. The average molecular weight is 113 g/mol. The van der Waals surface area contributed by atoms with Crippen LogP contribution in [-0.4, -0.2) is 12.5 Å². The smallest absolute Gasteiger partial charge is 0.243 e. The van der Waals surface area contributed by atoms with Crippen molar-refractivity contribution in [3.05, 3.63) is 12.7 Å². The highest BCUT2D eigenvalue weighted by Crippen LogP contribution is 1.70. The Kier molecular flexibility index (Phi) is 3.94. The van der Waals surface area contributed by atoms with Gasteiger partial charge in [0.15, 0.2) is 0 Å². The third-order valence-electron chi connectivity index (χ3n) is 0.735. The maximum atomic E-state index is 10.3. The number of hydrogen-bond acceptors (Lipinski definition) is 1. The fourth-order valence-corrected chi connectivity index (χ4v) is 0.320. The predicted molar refractivity (Wildman–Crippen MR) is 33.5 cm³/mol. The normalized spacial score (nSPS) is 8.12. The van der Waals surface area contributed by atoms with Crippen molar-refractivity contribution >= 4 is 5.91 Å². The molecule has 0 aliphatic carbocycles. The number of nitrogens with one attached hydrogen (secondary N) is 1. The summed E-state index contributed by atoms with van der Waals surface area (Å²) in [5.41, 5.74) is 0. The van der Waals surface area contributed by atoms with Crippen LogP contribution in [0.2, 0.25) is 0 Å². The summed E-state index contributed by atoms with van der Waals surface area (Å²) < 4.78 is 0. The van der Waals surface area contributed by atoms with Crippen molar-refractivity contribution in [3.63, 3.8) is 0 Å². The minimum atomic E-state index is -0.0909. The van der Waals surface area contributed by atoms with Crippen LogP contribution in [0.5, 0.6) is 0 Å². The van der Waals surface area contributed by atoms with E-state index in [1.165, 1.54) is 6.08 Å². The van der Waals surface area contributed by atoms with Gasteiger partial charge in [-0.15, -0.1) is 0 Å². The second-order valence-electron chi connectivity index (χ2n) is 1.50. The van der Waals surface area contributed by atoms with Crippen molar-refractivity contribution in [3.8, 4) is 0 Å². The number of amides is 1. The van der Waals surface area contributed by atoms with Gasteiger partial charge in [-0.2, -0.15) is 0 Å². The first kappa shape index (κ1) is 7.21. The van der Waals surface area contributed by atoms with Crippen molar-refractivity contribution in [2.24, 2.45) is 0 Å². The summed E-state index contributed by atoms with van der Waals surface area (Å²) in [4.78, 5) is 10.3. The van der Waals surface area contributed by atoms with E-state index >= 15 is 0 Å². The monoisotopic (exact) mass is 113 g/mol. The van der Waals surface area contributed by atoms with E-state index in [2.05, 4.69) is 11.9 Å². The van der Waals surface area contributed by atoms with Crippen LogP contribution in [0.3, 0.4) is 0 Å². The van der Waals surface area contributed by atoms with Crippen LogP contribution in [0.1, 0.15) is 13.3 Å². The minimum Gasteiger partial charge on any atom is -0.353 e. The van der Waals surface area contributed by atoms with Gasteiger partial charge in [-0.1, -0.05) is 13.5 Å². The second-order valence-corrected chi connectivity index (χ2v) is 1.50. The lowest BCUT2D eigenvalue weighted by molar-refractivity contribution is -0.116. The lowest BCUT2D eigenvalue weighted by atomic mass is 10.4. The van der Waals surface area contributed by atoms with Crippen molar-refractivity contribution < 1.29 is 4.79 Å². The van der Waals surface area contributed by atoms with E-state index in [9.17, 15) is 4.79 Å². The molecule has 0 unspecified atom stereocenters. The summed E-state index contributed by atoms with van der Waals surface area (Å²) >= 11 is 0. The molecule has 0 aromatic rings. The second kappa shape index (κ2) is 4.37. The molecule has 0 aromatic carbocycles. The molecule has 0 aliphatic heterocycles. The van der Waals surface area contributed by atoms with Gasteiger partial charge in [0.1, 0.15) is 0 Å². The van der Waals surface area contributed by atoms with Crippen molar-refractivity contribution in [2.75, 3.05) is 6.54 Å². The highest BCUT2D eigenvalue weighted by atomic mass is 16.1. The van der Waals surface area contributed by atoms with E-state index < -0.39 is 0 Å². The fourth-order valence-electron chi connectivity index (χ4n) is 0.320. The summed E-state index contributed by atoms with van der Waals surface area (Å²) in [6.45, 7) is 6.05. The van der Waals surface area contributed by atoms with E-state index in [4.69, 9.17) is 0 Å². The molecule has 2 nitrogen and oxygen atoms in total. The van der Waals surface area contributed by atoms with Crippen molar-refractivity contribution in [1.82, 2.24) is 5.32 Å². The van der Waals surface area contributed by atoms with Crippen molar-refractivity contribution in [2.45, 2.75) is 13.3 Å². The zero-order valence-electron chi connectivity index (χ0n) is 5.11. The Morgan fingerprint density at radius 2 is 2.50 bits per heavy atom. The van der Waals surface area contributed by atoms with Crippen LogP contribution >= 0.6 is 0 Å². The Morgan fingerprint density at radius 3 is 2.88 bits per heavy atom. The molecule has 0 spiro atoms. The van der Waals surface area contributed by atoms with Crippen molar-refractivity contribution in [1.29, 1.82) is 0 Å². The molecule has 0 bridgehead atoms. The van der Waals surface area contributed by atoms with Crippen LogP contribution in [0.25, 0.3) is 0 Å². The van der Waals surface area contributed by atoms with E-state index in [1.54, 1.807) is 0 Å². The Morgan fingerprint density at radius 1 is 1.88 bits per heavy atom. The SMILES string of the molecule is C=CC(=O)NCCC. The molecule has 0 saturated carbocycles. The summed E-state index contributed by atoms with van der Waals surface area (Å²) in [5, 5.41) is 2.62. The molecule has 0 saturated heterocycles. The standard InChI is InChI=1S/C6H11NO/c1-3-5-7-6(8)4-2/h4H,2-3,5H2,1H3,(H,7,8). The maximum absolute atomic E-state index is 10.3. The lowest BCUT2D eigenvalue weighted by Crippen LogP contribution is -2.20. The number of carbonyl (C=O) groups is 1. The number of rotatable bonds is 3. The topological polar surface area (TPSA) is 29.1 Å². The maximum Gasteiger partial charge on any atom is 0.243 e. The molecule has 1 amide bonds. The first-order chi connectivity index (χ1) is 3.81. The Bertz CT molecular complexity index is 88.5. The molecule has 0 radical (unpaired) electrons. The minimum absolute atomic E-state index is 0.0909. The number of carbonyl (C=O) groups excluding carboxylic acids is 1. The predicted octanol–water partition coefficient (Wildman–Crippen LogP) is 0.699. The molecule has 0 fully saturated rings. The Hall–Kier alpha value is -0.790. The highest BCUT2D eigenvalue weighted by molar-refractivity contribution is 5.86.